The number of thiophene rings is 1. The lowest BCUT2D eigenvalue weighted by molar-refractivity contribution is 0.594. The van der Waals surface area contributed by atoms with E-state index in [-0.39, 0.29) is 16.1 Å². The Labute approximate surface area is 115 Å². The summed E-state index contributed by atoms with van der Waals surface area (Å²) in [4.78, 5) is 0.518. The van der Waals surface area contributed by atoms with Gasteiger partial charge in [0.1, 0.15) is 5.84 Å². The molecule has 88 valence electrons. The predicted molar refractivity (Wildman–Crippen MR) is 73.6 cm³/mol. The second kappa shape index (κ2) is 5.20. The van der Waals surface area contributed by atoms with Gasteiger partial charge in [0, 0.05) is 5.56 Å². The molecule has 0 radical (unpaired) electrons. The van der Waals surface area contributed by atoms with Gasteiger partial charge in [-0.1, -0.05) is 17.8 Å². The van der Waals surface area contributed by atoms with Crippen LogP contribution in [0.5, 0.6) is 0 Å². The summed E-state index contributed by atoms with van der Waals surface area (Å²) in [7, 11) is 0. The Morgan fingerprint density at radius 3 is 2.76 bits per heavy atom. The number of nitrogen functional groups attached to an aromatic ring is 1. The van der Waals surface area contributed by atoms with Gasteiger partial charge in [-0.3, -0.25) is 5.41 Å². The Hall–Kier alpha value is -0.850. The molecule has 0 atom stereocenters. The monoisotopic (exact) mass is 330 g/mol. The maximum absolute atomic E-state index is 14.0. The van der Waals surface area contributed by atoms with E-state index in [1.54, 1.807) is 23.5 Å². The van der Waals surface area contributed by atoms with Crippen molar-refractivity contribution in [2.24, 2.45) is 5.73 Å². The van der Waals surface area contributed by atoms with Gasteiger partial charge in [0.25, 0.3) is 0 Å². The summed E-state index contributed by atoms with van der Waals surface area (Å²) in [5.74, 6) is -0.528. The van der Waals surface area contributed by atoms with Crippen molar-refractivity contribution in [2.45, 2.75) is 9.10 Å². The first-order chi connectivity index (χ1) is 8.09. The molecule has 17 heavy (non-hydrogen) atoms. The van der Waals surface area contributed by atoms with Gasteiger partial charge in [0.15, 0.2) is 5.82 Å². The second-order valence-electron chi connectivity index (χ2n) is 3.19. The highest BCUT2D eigenvalue weighted by molar-refractivity contribution is 9.10. The summed E-state index contributed by atoms with van der Waals surface area (Å²) >= 11 is 6.04. The summed E-state index contributed by atoms with van der Waals surface area (Å²) < 4.78 is 15.3. The Bertz CT molecular complexity index is 555. The lowest BCUT2D eigenvalue weighted by atomic mass is 10.2. The van der Waals surface area contributed by atoms with Gasteiger partial charge in [-0.25, -0.2) is 4.39 Å². The third-order valence-corrected chi connectivity index (χ3v) is 4.89. The zero-order valence-electron chi connectivity index (χ0n) is 8.54. The highest BCUT2D eigenvalue weighted by Gasteiger charge is 2.14. The number of hydrogen-bond acceptors (Lipinski definition) is 3. The van der Waals surface area contributed by atoms with Crippen LogP contribution in [0.25, 0.3) is 0 Å². The molecule has 2 aromatic rings. The van der Waals surface area contributed by atoms with Gasteiger partial charge in [0.05, 0.1) is 13.6 Å². The molecular weight excluding hydrogens is 323 g/mol. The largest absolute Gasteiger partial charge is 0.384 e. The van der Waals surface area contributed by atoms with Crippen LogP contribution in [0.2, 0.25) is 0 Å². The van der Waals surface area contributed by atoms with E-state index in [1.165, 1.54) is 11.8 Å². The normalized spacial score (nSPS) is 10.5. The quantitative estimate of drug-likeness (QED) is 0.657. The van der Waals surface area contributed by atoms with E-state index in [4.69, 9.17) is 11.1 Å². The zero-order chi connectivity index (χ0) is 12.4. The van der Waals surface area contributed by atoms with Crippen molar-refractivity contribution >= 4 is 44.9 Å². The minimum absolute atomic E-state index is 0.150. The maximum atomic E-state index is 14.0. The van der Waals surface area contributed by atoms with Gasteiger partial charge < -0.3 is 5.73 Å². The van der Waals surface area contributed by atoms with Gasteiger partial charge in [-0.15, -0.1) is 11.3 Å². The fraction of sp³-hybridized carbons (Fsp3) is 0. The summed E-state index contributed by atoms with van der Waals surface area (Å²) in [6.45, 7) is 0. The highest BCUT2D eigenvalue weighted by atomic mass is 79.9. The molecule has 3 N–H and O–H groups in total. The molecule has 0 aliphatic carbocycles. The first-order valence-corrected chi connectivity index (χ1v) is 7.12. The van der Waals surface area contributed by atoms with E-state index in [9.17, 15) is 4.39 Å². The van der Waals surface area contributed by atoms with Gasteiger partial charge in [-0.2, -0.15) is 0 Å². The molecule has 2 nitrogen and oxygen atoms in total. The van der Waals surface area contributed by atoms with Gasteiger partial charge >= 0.3 is 0 Å². The molecule has 0 saturated heterocycles. The summed E-state index contributed by atoms with van der Waals surface area (Å²) in [5.41, 5.74) is 5.72. The fourth-order valence-corrected chi connectivity index (χ4v) is 3.71. The zero-order valence-corrected chi connectivity index (χ0v) is 11.8. The fourth-order valence-electron chi connectivity index (χ4n) is 1.25. The van der Waals surface area contributed by atoms with E-state index >= 15 is 0 Å². The third kappa shape index (κ3) is 2.70. The van der Waals surface area contributed by atoms with Crippen molar-refractivity contribution in [1.82, 2.24) is 0 Å². The predicted octanol–water partition coefficient (Wildman–Crippen LogP) is 4.08. The summed E-state index contributed by atoms with van der Waals surface area (Å²) in [6.07, 6.45) is 0. The highest BCUT2D eigenvalue weighted by Crippen LogP contribution is 2.36. The maximum Gasteiger partial charge on any atom is 0.152 e. The molecule has 0 unspecified atom stereocenters. The van der Waals surface area contributed by atoms with E-state index in [1.807, 2.05) is 17.5 Å². The minimum atomic E-state index is -0.379. The van der Waals surface area contributed by atoms with Crippen LogP contribution in [0.1, 0.15) is 5.56 Å². The third-order valence-electron chi connectivity index (χ3n) is 2.04. The van der Waals surface area contributed by atoms with E-state index in [2.05, 4.69) is 15.9 Å². The second-order valence-corrected chi connectivity index (χ2v) is 6.27. The first kappa shape index (κ1) is 12.6. The van der Waals surface area contributed by atoms with Crippen LogP contribution in [-0.2, 0) is 0 Å². The van der Waals surface area contributed by atoms with Crippen LogP contribution in [-0.4, -0.2) is 5.84 Å². The summed E-state index contributed by atoms with van der Waals surface area (Å²) in [5, 5.41) is 9.26. The molecule has 0 fully saturated rings. The topological polar surface area (TPSA) is 49.9 Å². The van der Waals surface area contributed by atoms with E-state index in [0.29, 0.717) is 10.5 Å². The van der Waals surface area contributed by atoms with Crippen LogP contribution in [0.3, 0.4) is 0 Å². The molecule has 1 aromatic heterocycles. The van der Waals surface area contributed by atoms with Gasteiger partial charge in [0.2, 0.25) is 0 Å². The minimum Gasteiger partial charge on any atom is -0.384 e. The van der Waals surface area contributed by atoms with Crippen molar-refractivity contribution in [2.75, 3.05) is 0 Å². The van der Waals surface area contributed by atoms with Crippen molar-refractivity contribution in [1.29, 1.82) is 5.41 Å². The Kier molecular flexibility index (Phi) is 3.86. The number of nitrogens with two attached hydrogens (primary N) is 1. The number of hydrogen-bond donors (Lipinski definition) is 2. The molecule has 1 aromatic carbocycles. The average Bonchev–Trinajstić information content (AvgIpc) is 2.77. The number of benzene rings is 1. The van der Waals surface area contributed by atoms with E-state index in [0.717, 1.165) is 4.21 Å². The Morgan fingerprint density at radius 1 is 1.41 bits per heavy atom. The Morgan fingerprint density at radius 2 is 2.18 bits per heavy atom. The van der Waals surface area contributed by atoms with Crippen LogP contribution in [0.15, 0.2) is 43.2 Å². The molecule has 0 bridgehead atoms. The molecule has 0 aliphatic heterocycles. The van der Waals surface area contributed by atoms with Crippen LogP contribution in [0.4, 0.5) is 4.39 Å². The number of nitrogens with one attached hydrogen (secondary N) is 1. The van der Waals surface area contributed by atoms with Crippen LogP contribution < -0.4 is 5.73 Å². The molecule has 1 heterocycles. The molecule has 0 aliphatic rings. The van der Waals surface area contributed by atoms with Crippen molar-refractivity contribution < 1.29 is 4.39 Å². The molecular formula is C11H8BrFN2S2. The number of rotatable bonds is 3. The lowest BCUT2D eigenvalue weighted by Gasteiger charge is -2.07. The molecule has 2 rings (SSSR count). The lowest BCUT2D eigenvalue weighted by Crippen LogP contribution is -2.12. The smallest absolute Gasteiger partial charge is 0.152 e. The number of amidine groups is 1. The number of halogens is 2. The van der Waals surface area contributed by atoms with Crippen molar-refractivity contribution in [3.05, 3.63) is 45.5 Å². The Balaban J connectivity index is 2.37. The average molecular weight is 331 g/mol. The SMILES string of the molecule is N=C(N)c1ccc(Sc2cccs2)c(F)c1Br. The van der Waals surface area contributed by atoms with Gasteiger partial charge in [-0.05, 0) is 39.5 Å². The molecule has 0 spiro atoms. The molecule has 0 saturated carbocycles. The molecule has 6 heteroatoms. The van der Waals surface area contributed by atoms with Crippen molar-refractivity contribution in [3.8, 4) is 0 Å². The molecule has 0 amide bonds. The van der Waals surface area contributed by atoms with Crippen LogP contribution >= 0.6 is 39.0 Å². The van der Waals surface area contributed by atoms with Crippen LogP contribution in [0, 0.1) is 11.2 Å². The summed E-state index contributed by atoms with van der Waals surface area (Å²) in [6, 6.07) is 7.14. The standard InChI is InChI=1S/C11H8BrFN2S2/c12-9-6(11(14)15)3-4-7(10(9)13)17-8-2-1-5-16-8/h1-5H,(H3,14,15). The van der Waals surface area contributed by atoms with Crippen molar-refractivity contribution in [3.63, 3.8) is 0 Å². The first-order valence-electron chi connectivity index (χ1n) is 4.63. The van der Waals surface area contributed by atoms with E-state index < -0.39 is 0 Å².